The van der Waals surface area contributed by atoms with Crippen LogP contribution < -0.4 is 5.43 Å². The third kappa shape index (κ3) is 3.70. The van der Waals surface area contributed by atoms with Crippen LogP contribution in [-0.2, 0) is 5.41 Å². The molecular formula is C12H19N3. The van der Waals surface area contributed by atoms with E-state index in [-0.39, 0.29) is 5.41 Å². The zero-order valence-electron chi connectivity index (χ0n) is 10.1. The first kappa shape index (κ1) is 11.7. The van der Waals surface area contributed by atoms with E-state index in [4.69, 9.17) is 0 Å². The monoisotopic (exact) mass is 205 g/mol. The Morgan fingerprint density at radius 1 is 1.27 bits per heavy atom. The van der Waals surface area contributed by atoms with Gasteiger partial charge in [0.15, 0.2) is 0 Å². The quantitative estimate of drug-likeness (QED) is 0.594. The van der Waals surface area contributed by atoms with Gasteiger partial charge in [-0.15, -0.1) is 0 Å². The van der Waals surface area contributed by atoms with Crippen molar-refractivity contribution in [1.29, 1.82) is 0 Å². The van der Waals surface area contributed by atoms with Gasteiger partial charge in [0.25, 0.3) is 0 Å². The summed E-state index contributed by atoms with van der Waals surface area (Å²) < 4.78 is 0. The van der Waals surface area contributed by atoms with Crippen molar-refractivity contribution in [3.63, 3.8) is 0 Å². The molecule has 0 bridgehead atoms. The molecule has 0 saturated carbocycles. The van der Waals surface area contributed by atoms with Crippen molar-refractivity contribution in [3.8, 4) is 0 Å². The van der Waals surface area contributed by atoms with Crippen LogP contribution in [0.3, 0.4) is 0 Å². The summed E-state index contributed by atoms with van der Waals surface area (Å²) in [7, 11) is 0. The van der Waals surface area contributed by atoms with Crippen LogP contribution in [0.15, 0.2) is 23.4 Å². The minimum absolute atomic E-state index is 0.148. The molecule has 15 heavy (non-hydrogen) atoms. The van der Waals surface area contributed by atoms with Crippen LogP contribution in [0.2, 0.25) is 0 Å². The molecule has 1 aromatic rings. The van der Waals surface area contributed by atoms with Crippen molar-refractivity contribution in [2.45, 2.75) is 40.0 Å². The summed E-state index contributed by atoms with van der Waals surface area (Å²) in [6, 6.07) is 4.03. The first-order chi connectivity index (χ1) is 6.89. The Kier molecular flexibility index (Phi) is 3.45. The van der Waals surface area contributed by atoms with Crippen molar-refractivity contribution in [3.05, 3.63) is 23.9 Å². The van der Waals surface area contributed by atoms with E-state index in [1.165, 1.54) is 5.56 Å². The van der Waals surface area contributed by atoms with E-state index >= 15 is 0 Å². The summed E-state index contributed by atoms with van der Waals surface area (Å²) in [6.07, 6.45) is 1.89. The fourth-order valence-electron chi connectivity index (χ4n) is 1.07. The SMILES string of the molecule is CC(C)=NNc1ccc(C(C)(C)C)cn1. The largest absolute Gasteiger partial charge is 0.261 e. The Hall–Kier alpha value is -1.38. The standard InChI is InChI=1S/C12H19N3/c1-9(2)14-15-11-7-6-10(8-13-11)12(3,4)5/h6-8H,1-5H3,(H,13,15). The van der Waals surface area contributed by atoms with Gasteiger partial charge in [0, 0.05) is 11.9 Å². The summed E-state index contributed by atoms with van der Waals surface area (Å²) in [6.45, 7) is 10.4. The second-order valence-corrected chi connectivity index (χ2v) is 4.85. The summed E-state index contributed by atoms with van der Waals surface area (Å²) in [5, 5.41) is 4.09. The maximum absolute atomic E-state index is 4.30. The molecule has 0 atom stereocenters. The van der Waals surface area contributed by atoms with Gasteiger partial charge in [0.2, 0.25) is 0 Å². The molecule has 3 nitrogen and oxygen atoms in total. The highest BCUT2D eigenvalue weighted by Gasteiger charge is 2.13. The van der Waals surface area contributed by atoms with Gasteiger partial charge in [-0.2, -0.15) is 5.10 Å². The predicted molar refractivity (Wildman–Crippen MR) is 65.3 cm³/mol. The van der Waals surface area contributed by atoms with Gasteiger partial charge in [-0.1, -0.05) is 26.8 Å². The van der Waals surface area contributed by atoms with Gasteiger partial charge < -0.3 is 0 Å². The molecule has 0 aliphatic carbocycles. The Bertz CT molecular complexity index is 340. The molecule has 0 saturated heterocycles. The van der Waals surface area contributed by atoms with Gasteiger partial charge >= 0.3 is 0 Å². The summed E-state index contributed by atoms with van der Waals surface area (Å²) in [5.74, 6) is 0.782. The van der Waals surface area contributed by atoms with Crippen LogP contribution in [0.5, 0.6) is 0 Å². The lowest BCUT2D eigenvalue weighted by molar-refractivity contribution is 0.587. The topological polar surface area (TPSA) is 37.3 Å². The van der Waals surface area contributed by atoms with Gasteiger partial charge in [-0.3, -0.25) is 5.43 Å². The Balaban J connectivity index is 2.77. The predicted octanol–water partition coefficient (Wildman–Crippen LogP) is 3.19. The van der Waals surface area contributed by atoms with Crippen LogP contribution in [0.1, 0.15) is 40.2 Å². The van der Waals surface area contributed by atoms with Crippen molar-refractivity contribution in [2.75, 3.05) is 5.43 Å². The van der Waals surface area contributed by atoms with E-state index in [2.05, 4.69) is 42.3 Å². The van der Waals surface area contributed by atoms with Crippen LogP contribution in [-0.4, -0.2) is 10.7 Å². The first-order valence-electron chi connectivity index (χ1n) is 5.13. The minimum atomic E-state index is 0.148. The minimum Gasteiger partial charge on any atom is -0.261 e. The van der Waals surface area contributed by atoms with E-state index in [0.717, 1.165) is 11.5 Å². The second kappa shape index (κ2) is 4.43. The van der Waals surface area contributed by atoms with E-state index in [0.29, 0.717) is 0 Å². The van der Waals surface area contributed by atoms with E-state index in [9.17, 15) is 0 Å². The molecule has 0 amide bonds. The maximum atomic E-state index is 4.30. The molecule has 1 N–H and O–H groups in total. The summed E-state index contributed by atoms with van der Waals surface area (Å²) in [5.41, 5.74) is 5.26. The average Bonchev–Trinajstić information content (AvgIpc) is 2.14. The lowest BCUT2D eigenvalue weighted by atomic mass is 9.88. The fraction of sp³-hybridized carbons (Fsp3) is 0.500. The van der Waals surface area contributed by atoms with E-state index in [1.54, 1.807) is 0 Å². The molecule has 0 unspecified atom stereocenters. The van der Waals surface area contributed by atoms with Gasteiger partial charge in [-0.05, 0) is 30.9 Å². The van der Waals surface area contributed by atoms with Gasteiger partial charge in [0.1, 0.15) is 5.82 Å². The molecule has 0 aliphatic heterocycles. The highest BCUT2D eigenvalue weighted by atomic mass is 15.3. The van der Waals surface area contributed by atoms with E-state index < -0.39 is 0 Å². The van der Waals surface area contributed by atoms with Crippen molar-refractivity contribution in [1.82, 2.24) is 4.98 Å². The van der Waals surface area contributed by atoms with Crippen LogP contribution >= 0.6 is 0 Å². The van der Waals surface area contributed by atoms with Gasteiger partial charge in [-0.25, -0.2) is 4.98 Å². The number of pyridine rings is 1. The van der Waals surface area contributed by atoms with Gasteiger partial charge in [0.05, 0.1) is 0 Å². The molecule has 0 aromatic carbocycles. The lowest BCUT2D eigenvalue weighted by Crippen LogP contribution is -2.11. The van der Waals surface area contributed by atoms with Crippen LogP contribution in [0, 0.1) is 0 Å². The Morgan fingerprint density at radius 3 is 2.33 bits per heavy atom. The normalized spacial score (nSPS) is 11.0. The molecule has 3 heteroatoms. The number of hydrogen-bond donors (Lipinski definition) is 1. The molecule has 0 aliphatic rings. The zero-order chi connectivity index (χ0) is 11.5. The summed E-state index contributed by atoms with van der Waals surface area (Å²) >= 11 is 0. The lowest BCUT2D eigenvalue weighted by Gasteiger charge is -2.18. The number of anilines is 1. The molecule has 0 radical (unpaired) electrons. The van der Waals surface area contributed by atoms with Crippen molar-refractivity contribution >= 4 is 11.5 Å². The zero-order valence-corrected chi connectivity index (χ0v) is 10.1. The third-order valence-electron chi connectivity index (χ3n) is 2.02. The number of aromatic nitrogens is 1. The highest BCUT2D eigenvalue weighted by Crippen LogP contribution is 2.21. The summed E-state index contributed by atoms with van der Waals surface area (Å²) in [4.78, 5) is 4.30. The Labute approximate surface area is 91.6 Å². The fourth-order valence-corrected chi connectivity index (χ4v) is 1.07. The van der Waals surface area contributed by atoms with E-state index in [1.807, 2.05) is 26.1 Å². The van der Waals surface area contributed by atoms with Crippen LogP contribution in [0.25, 0.3) is 0 Å². The number of hydrogen-bond acceptors (Lipinski definition) is 3. The molecule has 1 heterocycles. The second-order valence-electron chi connectivity index (χ2n) is 4.85. The number of nitrogens with zero attached hydrogens (tertiary/aromatic N) is 2. The molecule has 82 valence electrons. The number of hydrazone groups is 1. The highest BCUT2D eigenvalue weighted by molar-refractivity contribution is 5.79. The van der Waals surface area contributed by atoms with Crippen molar-refractivity contribution in [2.24, 2.45) is 5.10 Å². The molecule has 1 aromatic heterocycles. The Morgan fingerprint density at radius 2 is 1.93 bits per heavy atom. The smallest absolute Gasteiger partial charge is 0.146 e. The number of nitrogens with one attached hydrogen (secondary N) is 1. The molecule has 1 rings (SSSR count). The molecular weight excluding hydrogens is 186 g/mol. The molecule has 0 fully saturated rings. The third-order valence-corrected chi connectivity index (χ3v) is 2.02. The van der Waals surface area contributed by atoms with Crippen molar-refractivity contribution < 1.29 is 0 Å². The van der Waals surface area contributed by atoms with Crippen LogP contribution in [0.4, 0.5) is 5.82 Å². The average molecular weight is 205 g/mol. The maximum Gasteiger partial charge on any atom is 0.146 e. The molecule has 0 spiro atoms. The first-order valence-corrected chi connectivity index (χ1v) is 5.13. The number of rotatable bonds is 2.